The molecule has 0 heterocycles. The monoisotopic (exact) mass is 379 g/mol. The second-order valence-corrected chi connectivity index (χ2v) is 8.16. The van der Waals surface area contributed by atoms with Crippen molar-refractivity contribution >= 4 is 20.9 Å². The van der Waals surface area contributed by atoms with Gasteiger partial charge in [-0.1, -0.05) is 39.0 Å². The van der Waals surface area contributed by atoms with Gasteiger partial charge in [0.25, 0.3) is 0 Å². The molecule has 0 amide bonds. The van der Waals surface area contributed by atoms with E-state index in [9.17, 15) is 4.79 Å². The minimum atomic E-state index is -0.408. The van der Waals surface area contributed by atoms with Crippen LogP contribution >= 0.6 is 0 Å². The number of nitrogens with two attached hydrogens (primary N) is 1. The van der Waals surface area contributed by atoms with Crippen molar-refractivity contribution in [3.63, 3.8) is 0 Å². The fourth-order valence-corrected chi connectivity index (χ4v) is 3.44. The molecule has 0 aliphatic rings. The van der Waals surface area contributed by atoms with Crippen LogP contribution in [0, 0.1) is 0 Å². The van der Waals surface area contributed by atoms with Crippen LogP contribution in [0.5, 0.6) is 0 Å². The zero-order chi connectivity index (χ0) is 16.5. The van der Waals surface area contributed by atoms with E-state index in [1.54, 1.807) is 0 Å². The summed E-state index contributed by atoms with van der Waals surface area (Å²) >= 11 is 0.591. The fraction of sp³-hybridized carbons (Fsp3) is 0.944. The van der Waals surface area contributed by atoms with Gasteiger partial charge in [-0.2, -0.15) is 0 Å². The molecule has 0 aliphatic carbocycles. The molecule has 0 aromatic rings. The van der Waals surface area contributed by atoms with Gasteiger partial charge in [0.2, 0.25) is 0 Å². The third kappa shape index (κ3) is 14.9. The van der Waals surface area contributed by atoms with Gasteiger partial charge in [0.1, 0.15) is 0 Å². The summed E-state index contributed by atoms with van der Waals surface area (Å²) in [5, 5.41) is 1.06. The molecule has 0 aromatic heterocycles. The molecule has 3 nitrogen and oxygen atoms in total. The van der Waals surface area contributed by atoms with E-state index in [0.717, 1.165) is 24.6 Å². The van der Waals surface area contributed by atoms with Crippen LogP contribution in [0.2, 0.25) is 11.1 Å². The van der Waals surface area contributed by atoms with Crippen LogP contribution < -0.4 is 5.73 Å². The summed E-state index contributed by atoms with van der Waals surface area (Å²) in [7, 11) is 0. The van der Waals surface area contributed by atoms with Crippen LogP contribution in [0.3, 0.4) is 0 Å². The Bertz CT molecular complexity index is 249. The van der Waals surface area contributed by atoms with Crippen LogP contribution in [-0.4, -0.2) is 33.6 Å². The molecule has 0 aromatic carbocycles. The first-order valence-corrected chi connectivity index (χ1v) is 12.1. The molecular weight excluding hydrogens is 341 g/mol. The summed E-state index contributed by atoms with van der Waals surface area (Å²) < 4.78 is 5.23. The number of hydrogen-bond donors (Lipinski definition) is 1. The molecule has 0 aliphatic heterocycles. The van der Waals surface area contributed by atoms with Crippen LogP contribution in [0.25, 0.3) is 0 Å². The number of esters is 1. The Kier molecular flexibility index (Phi) is 17.3. The quantitative estimate of drug-likeness (QED) is 0.240. The summed E-state index contributed by atoms with van der Waals surface area (Å²) in [6.45, 7) is 2.80. The van der Waals surface area contributed by atoms with Gasteiger partial charge in [0.05, 0.1) is 0 Å². The zero-order valence-electron chi connectivity index (χ0n) is 14.8. The third-order valence-corrected chi connectivity index (χ3v) is 5.28. The van der Waals surface area contributed by atoms with Gasteiger partial charge in [-0.05, 0) is 0 Å². The number of rotatable bonds is 16. The van der Waals surface area contributed by atoms with Gasteiger partial charge in [0.15, 0.2) is 0 Å². The number of carbonyl (C=O) groups excluding carboxylic acids is 1. The Hall–Kier alpha value is -0.0505. The summed E-state index contributed by atoms with van der Waals surface area (Å²) in [5.41, 5.74) is 5.78. The van der Waals surface area contributed by atoms with Gasteiger partial charge in [-0.15, -0.1) is 0 Å². The van der Waals surface area contributed by atoms with E-state index in [2.05, 4.69) is 12.7 Å². The van der Waals surface area contributed by atoms with Crippen LogP contribution in [0.1, 0.15) is 84.0 Å². The summed E-state index contributed by atoms with van der Waals surface area (Å²) in [6, 6.07) is -0.408. The number of hydrogen-bond acceptors (Lipinski definition) is 3. The molecule has 0 spiro atoms. The second-order valence-electron chi connectivity index (χ2n) is 6.09. The third-order valence-electron chi connectivity index (χ3n) is 3.93. The Morgan fingerprint density at radius 1 is 0.955 bits per heavy atom. The summed E-state index contributed by atoms with van der Waals surface area (Å²) in [6.07, 6.45) is 15.2. The van der Waals surface area contributed by atoms with Crippen LogP contribution in [0.4, 0.5) is 0 Å². The van der Waals surface area contributed by atoms with E-state index in [0.29, 0.717) is 21.6 Å². The average Bonchev–Trinajstić information content (AvgIpc) is 2.53. The zero-order valence-corrected chi connectivity index (χ0v) is 16.5. The van der Waals surface area contributed by atoms with Crippen molar-refractivity contribution < 1.29 is 9.53 Å². The Morgan fingerprint density at radius 3 is 1.95 bits per heavy atom. The average molecular weight is 378 g/mol. The van der Waals surface area contributed by atoms with Crippen molar-refractivity contribution in [1.82, 2.24) is 0 Å². The maximum atomic E-state index is 11.6. The van der Waals surface area contributed by atoms with E-state index >= 15 is 0 Å². The molecule has 0 saturated heterocycles. The first kappa shape index (κ1) is 21.9. The first-order chi connectivity index (χ1) is 10.7. The number of ether oxygens (including phenoxy) is 1. The normalized spacial score (nSPS) is 12.3. The fourth-order valence-electron chi connectivity index (χ4n) is 2.41. The molecule has 4 heteroatoms. The van der Waals surface area contributed by atoms with Crippen molar-refractivity contribution in [2.75, 3.05) is 6.61 Å². The van der Waals surface area contributed by atoms with Gasteiger partial charge >= 0.3 is 105 Å². The molecule has 0 rings (SSSR count). The topological polar surface area (TPSA) is 52.3 Å². The van der Waals surface area contributed by atoms with Crippen molar-refractivity contribution in [3.8, 4) is 0 Å². The van der Waals surface area contributed by atoms with Crippen molar-refractivity contribution in [1.29, 1.82) is 0 Å². The molecule has 132 valence electrons. The first-order valence-electron chi connectivity index (χ1n) is 9.13. The molecular formula is C18H37NO2Se. The standard InChI is InChI=1S/C18H37NO2Se/c1-3-4-5-6-7-8-9-10-11-12-13-15-21-18(20)17(19)14-16-22-2/h17H,3-16,19H2,1-2H3/t17-/m0/s1. The van der Waals surface area contributed by atoms with E-state index in [1.165, 1.54) is 57.8 Å². The van der Waals surface area contributed by atoms with Gasteiger partial charge < -0.3 is 0 Å². The molecule has 22 heavy (non-hydrogen) atoms. The van der Waals surface area contributed by atoms with E-state index in [1.807, 2.05) is 0 Å². The summed E-state index contributed by atoms with van der Waals surface area (Å²) in [5.74, 6) is 1.95. The van der Waals surface area contributed by atoms with Crippen LogP contribution in [-0.2, 0) is 9.53 Å². The molecule has 0 radical (unpaired) electrons. The molecule has 1 atom stereocenters. The number of carbonyl (C=O) groups is 1. The van der Waals surface area contributed by atoms with Gasteiger partial charge in [-0.3, -0.25) is 0 Å². The predicted octanol–water partition coefficient (Wildman–Crippen LogP) is 4.73. The second kappa shape index (κ2) is 17.3. The molecule has 0 saturated carbocycles. The molecule has 0 bridgehead atoms. The molecule has 0 unspecified atom stereocenters. The van der Waals surface area contributed by atoms with Crippen LogP contribution in [0.15, 0.2) is 0 Å². The van der Waals surface area contributed by atoms with E-state index in [-0.39, 0.29) is 5.97 Å². The maximum absolute atomic E-state index is 11.6. The van der Waals surface area contributed by atoms with Crippen molar-refractivity contribution in [2.24, 2.45) is 5.73 Å². The SMILES string of the molecule is CCCCCCCCCCCCCOC(=O)[C@@H](N)CC[Se]C. The molecule has 2 N–H and O–H groups in total. The number of unbranched alkanes of at least 4 members (excludes halogenated alkanes) is 10. The van der Waals surface area contributed by atoms with E-state index < -0.39 is 6.04 Å². The van der Waals surface area contributed by atoms with E-state index in [4.69, 9.17) is 10.5 Å². The van der Waals surface area contributed by atoms with Gasteiger partial charge in [0, 0.05) is 0 Å². The van der Waals surface area contributed by atoms with Crippen molar-refractivity contribution in [3.05, 3.63) is 0 Å². The Balaban J connectivity index is 3.21. The summed E-state index contributed by atoms with van der Waals surface area (Å²) in [4.78, 5) is 11.6. The van der Waals surface area contributed by atoms with Gasteiger partial charge in [-0.25, -0.2) is 0 Å². The Labute approximate surface area is 144 Å². The Morgan fingerprint density at radius 2 is 1.45 bits per heavy atom. The minimum absolute atomic E-state index is 0.212. The molecule has 0 fully saturated rings. The van der Waals surface area contributed by atoms with Crippen molar-refractivity contribution in [2.45, 2.75) is 101 Å². The predicted molar refractivity (Wildman–Crippen MR) is 96.4 cm³/mol.